The standard InChI is InChI=1S/C48H95NO5/c1-3-5-7-9-11-13-15-17-19-21-22-23-24-26-27-29-31-33-35-37-39-41-45(51)47(53)44(43-50)49-48(54)46(52)42-40-38-36-34-32-30-28-25-20-18-16-14-12-10-8-6-4-2/h33,35,44-47,50-53H,3-32,34,36-43H2,1-2H3,(H,49,54)/b35-33+. The molecule has 322 valence electrons. The first-order chi connectivity index (χ1) is 26.5. The minimum atomic E-state index is -1.28. The van der Waals surface area contributed by atoms with Crippen LogP contribution in [0, 0.1) is 0 Å². The van der Waals surface area contributed by atoms with Crippen LogP contribution in [0.2, 0.25) is 0 Å². The Hall–Kier alpha value is -0.950. The summed E-state index contributed by atoms with van der Waals surface area (Å²) in [6, 6.07) is -0.997. The molecule has 5 N–H and O–H groups in total. The number of hydrogen-bond acceptors (Lipinski definition) is 5. The number of aliphatic hydroxyl groups is 4. The average molecular weight is 766 g/mol. The third kappa shape index (κ3) is 36.7. The quantitative estimate of drug-likeness (QED) is 0.0313. The number of amides is 1. The Morgan fingerprint density at radius 3 is 1.11 bits per heavy atom. The van der Waals surface area contributed by atoms with Crippen molar-refractivity contribution >= 4 is 5.91 Å². The van der Waals surface area contributed by atoms with Gasteiger partial charge in [0.2, 0.25) is 5.91 Å². The van der Waals surface area contributed by atoms with Gasteiger partial charge in [-0.15, -0.1) is 0 Å². The molecular formula is C48H95NO5. The molecule has 0 radical (unpaired) electrons. The van der Waals surface area contributed by atoms with Crippen LogP contribution in [-0.2, 0) is 4.79 Å². The van der Waals surface area contributed by atoms with Gasteiger partial charge in [-0.25, -0.2) is 0 Å². The molecule has 0 bridgehead atoms. The van der Waals surface area contributed by atoms with Crippen molar-refractivity contribution in [3.05, 3.63) is 12.2 Å². The van der Waals surface area contributed by atoms with Crippen molar-refractivity contribution in [2.45, 2.75) is 282 Å². The Kier molecular flexibility index (Phi) is 42.4. The summed E-state index contributed by atoms with van der Waals surface area (Å²) in [5, 5.41) is 43.8. The van der Waals surface area contributed by atoms with Gasteiger partial charge < -0.3 is 25.7 Å². The fraction of sp³-hybridized carbons (Fsp3) is 0.938. The smallest absolute Gasteiger partial charge is 0.249 e. The number of allylic oxidation sites excluding steroid dienone is 2. The van der Waals surface area contributed by atoms with E-state index in [1.165, 1.54) is 193 Å². The van der Waals surface area contributed by atoms with E-state index < -0.39 is 36.9 Å². The number of aliphatic hydroxyl groups excluding tert-OH is 4. The van der Waals surface area contributed by atoms with Gasteiger partial charge in [-0.3, -0.25) is 4.79 Å². The second kappa shape index (κ2) is 43.2. The highest BCUT2D eigenvalue weighted by molar-refractivity contribution is 5.80. The summed E-state index contributed by atoms with van der Waals surface area (Å²) in [7, 11) is 0. The number of unbranched alkanes of at least 4 members (excludes halogenated alkanes) is 33. The fourth-order valence-corrected chi connectivity index (χ4v) is 7.64. The lowest BCUT2D eigenvalue weighted by Crippen LogP contribution is -2.53. The van der Waals surface area contributed by atoms with E-state index in [4.69, 9.17) is 0 Å². The second-order valence-corrected chi connectivity index (χ2v) is 16.8. The van der Waals surface area contributed by atoms with Crippen LogP contribution in [0.1, 0.15) is 258 Å². The Morgan fingerprint density at radius 2 is 0.759 bits per heavy atom. The van der Waals surface area contributed by atoms with Crippen molar-refractivity contribution in [3.63, 3.8) is 0 Å². The summed E-state index contributed by atoms with van der Waals surface area (Å²) >= 11 is 0. The van der Waals surface area contributed by atoms with Crippen molar-refractivity contribution < 1.29 is 25.2 Å². The topological polar surface area (TPSA) is 110 Å². The Labute approximate surface area is 336 Å². The van der Waals surface area contributed by atoms with E-state index in [1.807, 2.05) is 0 Å². The summed E-state index contributed by atoms with van der Waals surface area (Å²) < 4.78 is 0. The van der Waals surface area contributed by atoms with Crippen LogP contribution in [0.5, 0.6) is 0 Å². The van der Waals surface area contributed by atoms with Gasteiger partial charge in [0.05, 0.1) is 18.8 Å². The molecule has 4 unspecified atom stereocenters. The second-order valence-electron chi connectivity index (χ2n) is 16.8. The Morgan fingerprint density at radius 1 is 0.444 bits per heavy atom. The van der Waals surface area contributed by atoms with Crippen LogP contribution in [-0.4, -0.2) is 57.3 Å². The van der Waals surface area contributed by atoms with Gasteiger partial charge in [0.15, 0.2) is 0 Å². The van der Waals surface area contributed by atoms with E-state index in [-0.39, 0.29) is 0 Å². The highest BCUT2D eigenvalue weighted by atomic mass is 16.3. The van der Waals surface area contributed by atoms with E-state index in [2.05, 4.69) is 31.3 Å². The molecule has 0 aliphatic rings. The van der Waals surface area contributed by atoms with Crippen molar-refractivity contribution in [1.29, 1.82) is 0 Å². The summed E-state index contributed by atoms with van der Waals surface area (Å²) in [5.41, 5.74) is 0. The lowest BCUT2D eigenvalue weighted by molar-refractivity contribution is -0.132. The molecular weight excluding hydrogens is 671 g/mol. The molecule has 0 saturated carbocycles. The van der Waals surface area contributed by atoms with E-state index in [0.29, 0.717) is 12.8 Å². The highest BCUT2D eigenvalue weighted by Gasteiger charge is 2.28. The first kappa shape index (κ1) is 53.0. The Balaban J connectivity index is 3.71. The molecule has 54 heavy (non-hydrogen) atoms. The van der Waals surface area contributed by atoms with Crippen LogP contribution < -0.4 is 5.32 Å². The maximum absolute atomic E-state index is 12.5. The summed E-state index contributed by atoms with van der Waals surface area (Å²) in [6.45, 7) is 4.06. The Bertz CT molecular complexity index is 776. The van der Waals surface area contributed by atoms with Gasteiger partial charge in [-0.05, 0) is 38.5 Å². The van der Waals surface area contributed by atoms with Gasteiger partial charge in [0.25, 0.3) is 0 Å². The maximum atomic E-state index is 12.5. The lowest BCUT2D eigenvalue weighted by atomic mass is 10.00. The average Bonchev–Trinajstić information content (AvgIpc) is 3.18. The van der Waals surface area contributed by atoms with Gasteiger partial charge in [-0.1, -0.05) is 231 Å². The molecule has 0 rings (SSSR count). The minimum absolute atomic E-state index is 0.368. The number of carbonyl (C=O) groups excluding carboxylic acids is 1. The van der Waals surface area contributed by atoms with Crippen LogP contribution in [0.4, 0.5) is 0 Å². The predicted octanol–water partition coefficient (Wildman–Crippen LogP) is 13.0. The SMILES string of the molecule is CCCCCCCCCCCCCCCCCC/C=C/CCCC(O)C(O)C(CO)NC(=O)C(O)CCCCCCCCCCCCCCCCCCC. The van der Waals surface area contributed by atoms with Gasteiger partial charge in [-0.2, -0.15) is 0 Å². The van der Waals surface area contributed by atoms with Crippen LogP contribution in [0.25, 0.3) is 0 Å². The lowest BCUT2D eigenvalue weighted by Gasteiger charge is -2.27. The van der Waals surface area contributed by atoms with Crippen molar-refractivity contribution in [2.75, 3.05) is 6.61 Å². The van der Waals surface area contributed by atoms with E-state index >= 15 is 0 Å². The van der Waals surface area contributed by atoms with E-state index in [9.17, 15) is 25.2 Å². The van der Waals surface area contributed by atoms with Gasteiger partial charge in [0, 0.05) is 0 Å². The van der Waals surface area contributed by atoms with Crippen molar-refractivity contribution in [1.82, 2.24) is 5.32 Å². The summed E-state index contributed by atoms with van der Waals surface area (Å²) in [4.78, 5) is 12.5. The molecule has 1 amide bonds. The first-order valence-corrected chi connectivity index (χ1v) is 24.1. The summed E-state index contributed by atoms with van der Waals surface area (Å²) in [6.07, 6.45) is 48.2. The number of rotatable bonds is 44. The molecule has 0 heterocycles. The van der Waals surface area contributed by atoms with Crippen LogP contribution in [0.3, 0.4) is 0 Å². The molecule has 0 fully saturated rings. The zero-order valence-electron chi connectivity index (χ0n) is 36.2. The third-order valence-electron chi connectivity index (χ3n) is 11.5. The first-order valence-electron chi connectivity index (χ1n) is 24.1. The van der Waals surface area contributed by atoms with Crippen LogP contribution in [0.15, 0.2) is 12.2 Å². The number of hydrogen-bond donors (Lipinski definition) is 5. The van der Waals surface area contributed by atoms with E-state index in [0.717, 1.165) is 38.5 Å². The van der Waals surface area contributed by atoms with E-state index in [1.54, 1.807) is 0 Å². The zero-order chi connectivity index (χ0) is 39.6. The molecule has 0 saturated heterocycles. The molecule has 6 heteroatoms. The maximum Gasteiger partial charge on any atom is 0.249 e. The molecule has 0 aromatic heterocycles. The molecule has 0 spiro atoms. The predicted molar refractivity (Wildman–Crippen MR) is 233 cm³/mol. The van der Waals surface area contributed by atoms with Crippen molar-refractivity contribution in [3.8, 4) is 0 Å². The van der Waals surface area contributed by atoms with Gasteiger partial charge in [0.1, 0.15) is 12.2 Å². The number of nitrogens with one attached hydrogen (secondary N) is 1. The van der Waals surface area contributed by atoms with Crippen molar-refractivity contribution in [2.24, 2.45) is 0 Å². The molecule has 0 aliphatic carbocycles. The highest BCUT2D eigenvalue weighted by Crippen LogP contribution is 2.17. The summed E-state index contributed by atoms with van der Waals surface area (Å²) in [5.74, 6) is -0.589. The van der Waals surface area contributed by atoms with Crippen LogP contribution >= 0.6 is 0 Å². The monoisotopic (exact) mass is 766 g/mol. The normalized spacial score (nSPS) is 14.1. The molecule has 0 aromatic rings. The molecule has 6 nitrogen and oxygen atoms in total. The number of carbonyl (C=O) groups is 1. The minimum Gasteiger partial charge on any atom is -0.394 e. The molecule has 4 atom stereocenters. The van der Waals surface area contributed by atoms with Gasteiger partial charge >= 0.3 is 0 Å². The third-order valence-corrected chi connectivity index (χ3v) is 11.5. The largest absolute Gasteiger partial charge is 0.394 e. The molecule has 0 aliphatic heterocycles. The zero-order valence-corrected chi connectivity index (χ0v) is 36.2. The fourth-order valence-electron chi connectivity index (χ4n) is 7.64. The molecule has 0 aromatic carbocycles.